The first-order chi connectivity index (χ1) is 9.43. The molecular weight excluding hydrogens is 309 g/mol. The Morgan fingerprint density at radius 2 is 2.29 bits per heavy atom. The van der Waals surface area contributed by atoms with Crippen molar-refractivity contribution < 1.29 is 4.79 Å². The topological polar surface area (TPSA) is 58.4 Å². The zero-order chi connectivity index (χ0) is 14.8. The van der Waals surface area contributed by atoms with Gasteiger partial charge in [-0.05, 0) is 50.0 Å². The first-order valence-corrected chi connectivity index (χ1v) is 7.32. The third-order valence-corrected chi connectivity index (χ3v) is 4.33. The minimum atomic E-state index is -0.164. The predicted octanol–water partition coefficient (Wildman–Crippen LogP) is 2.76. The number of rotatable bonds is 4. The van der Waals surface area contributed by atoms with Crippen molar-refractivity contribution in [3.8, 4) is 0 Å². The van der Waals surface area contributed by atoms with E-state index in [0.717, 1.165) is 25.2 Å². The quantitative estimate of drug-likeness (QED) is 0.891. The van der Waals surface area contributed by atoms with Gasteiger partial charge in [0.25, 0.3) is 0 Å². The summed E-state index contributed by atoms with van der Waals surface area (Å²) in [6.45, 7) is 6.55. The molecule has 21 heavy (non-hydrogen) atoms. The monoisotopic (exact) mass is 331 g/mol. The third kappa shape index (κ3) is 4.58. The fourth-order valence-corrected chi connectivity index (χ4v) is 2.73. The largest absolute Gasteiger partial charge is 0.330 e. The van der Waals surface area contributed by atoms with Gasteiger partial charge in [0, 0.05) is 17.3 Å². The van der Waals surface area contributed by atoms with Crippen LogP contribution in [0, 0.1) is 5.41 Å². The fraction of sp³-hybridized carbons (Fsp3) is 0.533. The lowest BCUT2D eigenvalue weighted by Crippen LogP contribution is -2.42. The number of nitrogens with two attached hydrogens (primary N) is 1. The fourth-order valence-electron chi connectivity index (χ4n) is 2.54. The molecule has 0 spiro atoms. The number of halogens is 2. The van der Waals surface area contributed by atoms with Gasteiger partial charge in [0.05, 0.1) is 6.04 Å². The summed E-state index contributed by atoms with van der Waals surface area (Å²) >= 11 is 5.92. The van der Waals surface area contributed by atoms with Crippen molar-refractivity contribution in [2.24, 2.45) is 11.1 Å². The number of hydrogen-bond donors (Lipinski definition) is 2. The number of likely N-dealkylation sites (tertiary alicyclic amines) is 1. The Labute approximate surface area is 137 Å². The highest BCUT2D eigenvalue weighted by molar-refractivity contribution is 6.30. The molecule has 1 aromatic rings. The standard InChI is InChI=1S/C15H22ClN3O.ClH/c1-11(19-7-6-15(2,9-17)10-19)14(20)18-13-5-3-4-12(16)8-13;/h3-5,8,11H,6-7,9-10,17H2,1-2H3,(H,18,20);1H. The molecule has 4 nitrogen and oxygen atoms in total. The number of carbonyl (C=O) groups is 1. The Morgan fingerprint density at radius 3 is 2.86 bits per heavy atom. The number of hydrogen-bond acceptors (Lipinski definition) is 3. The van der Waals surface area contributed by atoms with Gasteiger partial charge >= 0.3 is 0 Å². The molecule has 1 saturated heterocycles. The van der Waals surface area contributed by atoms with E-state index in [0.29, 0.717) is 11.6 Å². The van der Waals surface area contributed by atoms with Crippen LogP contribution in [0.5, 0.6) is 0 Å². The van der Waals surface area contributed by atoms with Gasteiger partial charge in [0.15, 0.2) is 0 Å². The maximum Gasteiger partial charge on any atom is 0.241 e. The lowest BCUT2D eigenvalue weighted by atomic mass is 9.90. The summed E-state index contributed by atoms with van der Waals surface area (Å²) in [5.74, 6) is -0.00598. The lowest BCUT2D eigenvalue weighted by Gasteiger charge is -2.26. The van der Waals surface area contributed by atoms with Gasteiger partial charge in [-0.1, -0.05) is 24.6 Å². The second-order valence-electron chi connectivity index (χ2n) is 5.91. The highest BCUT2D eigenvalue weighted by atomic mass is 35.5. The second-order valence-corrected chi connectivity index (χ2v) is 6.35. The van der Waals surface area contributed by atoms with E-state index in [4.69, 9.17) is 17.3 Å². The summed E-state index contributed by atoms with van der Waals surface area (Å²) in [6.07, 6.45) is 1.04. The zero-order valence-corrected chi connectivity index (χ0v) is 14.0. The van der Waals surface area contributed by atoms with Gasteiger partial charge in [0.1, 0.15) is 0 Å². The molecule has 0 aromatic heterocycles. The van der Waals surface area contributed by atoms with E-state index in [1.807, 2.05) is 19.1 Å². The number of anilines is 1. The zero-order valence-electron chi connectivity index (χ0n) is 12.4. The molecule has 3 N–H and O–H groups in total. The van der Waals surface area contributed by atoms with Gasteiger partial charge in [-0.2, -0.15) is 0 Å². The van der Waals surface area contributed by atoms with Gasteiger partial charge in [0.2, 0.25) is 5.91 Å². The van der Waals surface area contributed by atoms with Gasteiger partial charge in [-0.3, -0.25) is 9.69 Å². The molecule has 1 aromatic carbocycles. The minimum Gasteiger partial charge on any atom is -0.330 e. The van der Waals surface area contributed by atoms with Crippen LogP contribution in [0.15, 0.2) is 24.3 Å². The van der Waals surface area contributed by atoms with E-state index in [9.17, 15) is 4.79 Å². The van der Waals surface area contributed by atoms with Crippen LogP contribution in [0.1, 0.15) is 20.3 Å². The maximum atomic E-state index is 12.3. The summed E-state index contributed by atoms with van der Waals surface area (Å²) < 4.78 is 0. The average Bonchev–Trinajstić information content (AvgIpc) is 2.81. The van der Waals surface area contributed by atoms with E-state index in [-0.39, 0.29) is 29.8 Å². The summed E-state index contributed by atoms with van der Waals surface area (Å²) in [6, 6.07) is 7.03. The molecule has 1 aliphatic heterocycles. The van der Waals surface area contributed by atoms with Crippen LogP contribution in [-0.4, -0.2) is 36.5 Å². The van der Waals surface area contributed by atoms with Crippen LogP contribution >= 0.6 is 24.0 Å². The third-order valence-electron chi connectivity index (χ3n) is 4.10. The van der Waals surface area contributed by atoms with Crippen molar-refractivity contribution in [2.75, 3.05) is 25.0 Å². The van der Waals surface area contributed by atoms with Crippen molar-refractivity contribution in [1.29, 1.82) is 0 Å². The van der Waals surface area contributed by atoms with E-state index >= 15 is 0 Å². The van der Waals surface area contributed by atoms with Crippen LogP contribution in [0.3, 0.4) is 0 Å². The van der Waals surface area contributed by atoms with E-state index in [2.05, 4.69) is 17.1 Å². The molecular formula is C15H23Cl2N3O. The van der Waals surface area contributed by atoms with Gasteiger partial charge in [-0.25, -0.2) is 0 Å². The molecule has 0 radical (unpaired) electrons. The molecule has 1 amide bonds. The normalized spacial score (nSPS) is 23.4. The Kier molecular flexibility index (Phi) is 6.47. The summed E-state index contributed by atoms with van der Waals surface area (Å²) in [7, 11) is 0. The SMILES string of the molecule is CC(C(=O)Nc1cccc(Cl)c1)N1CCC(C)(CN)C1.Cl. The van der Waals surface area contributed by atoms with Crippen molar-refractivity contribution >= 4 is 35.6 Å². The Morgan fingerprint density at radius 1 is 1.57 bits per heavy atom. The van der Waals surface area contributed by atoms with Crippen LogP contribution in [-0.2, 0) is 4.79 Å². The molecule has 2 unspecified atom stereocenters. The van der Waals surface area contributed by atoms with Crippen LogP contribution < -0.4 is 11.1 Å². The minimum absolute atomic E-state index is 0. The van der Waals surface area contributed by atoms with Gasteiger partial charge in [-0.15, -0.1) is 12.4 Å². The Hall–Kier alpha value is -0.810. The molecule has 1 heterocycles. The average molecular weight is 332 g/mol. The molecule has 2 rings (SSSR count). The number of nitrogens with one attached hydrogen (secondary N) is 1. The first kappa shape index (κ1) is 18.2. The molecule has 1 fully saturated rings. The summed E-state index contributed by atoms with van der Waals surface area (Å²) in [5.41, 5.74) is 6.67. The van der Waals surface area contributed by atoms with E-state index in [1.54, 1.807) is 12.1 Å². The molecule has 0 bridgehead atoms. The van der Waals surface area contributed by atoms with E-state index < -0.39 is 0 Å². The van der Waals surface area contributed by atoms with Crippen LogP contribution in [0.2, 0.25) is 5.02 Å². The number of carbonyl (C=O) groups excluding carboxylic acids is 1. The Balaban J connectivity index is 0.00000220. The Bertz CT molecular complexity index is 498. The van der Waals surface area contributed by atoms with Gasteiger partial charge < -0.3 is 11.1 Å². The molecule has 6 heteroatoms. The smallest absolute Gasteiger partial charge is 0.241 e. The number of nitrogens with zero attached hydrogens (tertiary/aromatic N) is 1. The molecule has 2 atom stereocenters. The van der Waals surface area contributed by atoms with E-state index in [1.165, 1.54) is 0 Å². The lowest BCUT2D eigenvalue weighted by molar-refractivity contribution is -0.120. The highest BCUT2D eigenvalue weighted by Crippen LogP contribution is 2.30. The molecule has 1 aliphatic rings. The summed E-state index contributed by atoms with van der Waals surface area (Å²) in [5, 5.41) is 3.53. The first-order valence-electron chi connectivity index (χ1n) is 6.94. The highest BCUT2D eigenvalue weighted by Gasteiger charge is 2.36. The molecule has 0 saturated carbocycles. The molecule has 118 valence electrons. The number of amides is 1. The van der Waals surface area contributed by atoms with Crippen molar-refractivity contribution in [2.45, 2.75) is 26.3 Å². The summed E-state index contributed by atoms with van der Waals surface area (Å²) in [4.78, 5) is 14.5. The van der Waals surface area contributed by atoms with Crippen LogP contribution in [0.25, 0.3) is 0 Å². The maximum absolute atomic E-state index is 12.3. The van der Waals surface area contributed by atoms with Crippen LogP contribution in [0.4, 0.5) is 5.69 Å². The van der Waals surface area contributed by atoms with Crippen molar-refractivity contribution in [3.05, 3.63) is 29.3 Å². The van der Waals surface area contributed by atoms with Crippen molar-refractivity contribution in [3.63, 3.8) is 0 Å². The molecule has 0 aliphatic carbocycles. The second kappa shape index (κ2) is 7.45. The number of benzene rings is 1. The van der Waals surface area contributed by atoms with Crippen molar-refractivity contribution in [1.82, 2.24) is 4.90 Å². The predicted molar refractivity (Wildman–Crippen MR) is 90.1 cm³/mol.